The van der Waals surface area contributed by atoms with Crippen molar-refractivity contribution in [3.8, 4) is 0 Å². The normalized spacial score (nSPS) is 11.0. The lowest BCUT2D eigenvalue weighted by atomic mass is 10.0. The van der Waals surface area contributed by atoms with Crippen LogP contribution in [0, 0.1) is 11.8 Å². The van der Waals surface area contributed by atoms with Crippen LogP contribution in [0.3, 0.4) is 0 Å². The van der Waals surface area contributed by atoms with Crippen molar-refractivity contribution >= 4 is 11.6 Å². The lowest BCUT2D eigenvalue weighted by molar-refractivity contribution is 0.102. The number of nitrogens with one attached hydrogen (secondary N) is 1. The minimum Gasteiger partial charge on any atom is -0.322 e. The molecule has 0 aliphatic heterocycles. The van der Waals surface area contributed by atoms with Crippen LogP contribution in [-0.4, -0.2) is 5.91 Å². The van der Waals surface area contributed by atoms with Gasteiger partial charge in [-0.05, 0) is 60.1 Å². The monoisotopic (exact) mass is 309 g/mol. The molecule has 2 aromatic carbocycles. The second-order valence-electron chi connectivity index (χ2n) is 7.05. The number of amides is 1. The SMILES string of the molecule is CC(C)Cc1ccc(C(=O)Nc2cccc(CC(C)C)c2)cc1. The van der Waals surface area contributed by atoms with Gasteiger partial charge in [0.15, 0.2) is 0 Å². The standard InChI is InChI=1S/C21H27NO/c1-15(2)12-17-8-10-19(11-9-17)21(23)22-20-7-5-6-18(14-20)13-16(3)4/h5-11,14-16H,12-13H2,1-4H3,(H,22,23). The Labute approximate surface area is 139 Å². The third-order valence-electron chi connectivity index (χ3n) is 3.69. The third-order valence-corrected chi connectivity index (χ3v) is 3.69. The Hall–Kier alpha value is -2.09. The van der Waals surface area contributed by atoms with Gasteiger partial charge < -0.3 is 5.32 Å². The molecule has 23 heavy (non-hydrogen) atoms. The Kier molecular flexibility index (Phi) is 5.97. The van der Waals surface area contributed by atoms with Crippen molar-refractivity contribution in [2.24, 2.45) is 11.8 Å². The van der Waals surface area contributed by atoms with Crippen LogP contribution in [0.5, 0.6) is 0 Å². The van der Waals surface area contributed by atoms with Gasteiger partial charge in [0, 0.05) is 11.3 Å². The second kappa shape index (κ2) is 7.96. The Morgan fingerprint density at radius 2 is 1.48 bits per heavy atom. The summed E-state index contributed by atoms with van der Waals surface area (Å²) < 4.78 is 0. The first kappa shape index (κ1) is 17.3. The van der Waals surface area contributed by atoms with Crippen molar-refractivity contribution in [2.45, 2.75) is 40.5 Å². The van der Waals surface area contributed by atoms with Gasteiger partial charge in [0.25, 0.3) is 5.91 Å². The lowest BCUT2D eigenvalue weighted by Gasteiger charge is -2.10. The molecule has 2 rings (SSSR count). The Balaban J connectivity index is 2.04. The van der Waals surface area contributed by atoms with Gasteiger partial charge in [-0.15, -0.1) is 0 Å². The van der Waals surface area contributed by atoms with E-state index in [1.807, 2.05) is 36.4 Å². The van der Waals surface area contributed by atoms with Crippen LogP contribution in [0.2, 0.25) is 0 Å². The molecule has 0 radical (unpaired) electrons. The number of carbonyl (C=O) groups is 1. The first-order valence-corrected chi connectivity index (χ1v) is 8.43. The molecule has 0 heterocycles. The van der Waals surface area contributed by atoms with E-state index in [4.69, 9.17) is 0 Å². The molecule has 0 unspecified atom stereocenters. The van der Waals surface area contributed by atoms with E-state index in [-0.39, 0.29) is 5.91 Å². The summed E-state index contributed by atoms with van der Waals surface area (Å²) in [5.74, 6) is 1.18. The second-order valence-corrected chi connectivity index (χ2v) is 7.05. The van der Waals surface area contributed by atoms with E-state index in [1.165, 1.54) is 11.1 Å². The average Bonchev–Trinajstić information content (AvgIpc) is 2.47. The van der Waals surface area contributed by atoms with Crippen molar-refractivity contribution in [1.29, 1.82) is 0 Å². The summed E-state index contributed by atoms with van der Waals surface area (Å²) >= 11 is 0. The van der Waals surface area contributed by atoms with Gasteiger partial charge in [-0.3, -0.25) is 4.79 Å². The molecular formula is C21H27NO. The highest BCUT2D eigenvalue weighted by Crippen LogP contribution is 2.16. The minimum atomic E-state index is -0.0530. The predicted octanol–water partition coefficient (Wildman–Crippen LogP) is 5.34. The zero-order valence-electron chi connectivity index (χ0n) is 14.6. The van der Waals surface area contributed by atoms with Gasteiger partial charge in [0.05, 0.1) is 0 Å². The van der Waals surface area contributed by atoms with Crippen LogP contribution in [0.1, 0.15) is 49.2 Å². The summed E-state index contributed by atoms with van der Waals surface area (Å²) in [5.41, 5.74) is 4.09. The fourth-order valence-electron chi connectivity index (χ4n) is 2.71. The smallest absolute Gasteiger partial charge is 0.255 e. The highest BCUT2D eigenvalue weighted by molar-refractivity contribution is 6.04. The summed E-state index contributed by atoms with van der Waals surface area (Å²) in [7, 11) is 0. The van der Waals surface area contributed by atoms with Crippen LogP contribution >= 0.6 is 0 Å². The molecule has 2 heteroatoms. The van der Waals surface area contributed by atoms with Crippen LogP contribution in [0.25, 0.3) is 0 Å². The van der Waals surface area contributed by atoms with Crippen molar-refractivity contribution < 1.29 is 4.79 Å². The number of benzene rings is 2. The van der Waals surface area contributed by atoms with Crippen molar-refractivity contribution in [2.75, 3.05) is 5.32 Å². The third kappa shape index (κ3) is 5.55. The molecule has 1 amide bonds. The van der Waals surface area contributed by atoms with E-state index in [0.29, 0.717) is 17.4 Å². The van der Waals surface area contributed by atoms with Crippen molar-refractivity contribution in [3.63, 3.8) is 0 Å². The molecule has 1 N–H and O–H groups in total. The lowest BCUT2D eigenvalue weighted by Crippen LogP contribution is -2.12. The maximum atomic E-state index is 12.4. The Morgan fingerprint density at radius 1 is 0.870 bits per heavy atom. The zero-order chi connectivity index (χ0) is 16.8. The molecule has 0 fully saturated rings. The topological polar surface area (TPSA) is 29.1 Å². The van der Waals surface area contributed by atoms with Crippen LogP contribution in [0.4, 0.5) is 5.69 Å². The summed E-state index contributed by atoms with van der Waals surface area (Å²) in [4.78, 5) is 12.4. The van der Waals surface area contributed by atoms with E-state index < -0.39 is 0 Å². The molecule has 2 nitrogen and oxygen atoms in total. The van der Waals surface area contributed by atoms with Gasteiger partial charge in [-0.2, -0.15) is 0 Å². The molecule has 0 aromatic heterocycles. The van der Waals surface area contributed by atoms with Crippen LogP contribution in [0.15, 0.2) is 48.5 Å². The molecule has 0 bridgehead atoms. The average molecular weight is 309 g/mol. The zero-order valence-corrected chi connectivity index (χ0v) is 14.6. The van der Waals surface area contributed by atoms with Gasteiger partial charge in [0.1, 0.15) is 0 Å². The summed E-state index contributed by atoms with van der Waals surface area (Å²) in [5, 5.41) is 2.99. The van der Waals surface area contributed by atoms with E-state index in [0.717, 1.165) is 18.5 Å². The van der Waals surface area contributed by atoms with E-state index in [1.54, 1.807) is 0 Å². The fourth-order valence-corrected chi connectivity index (χ4v) is 2.71. The summed E-state index contributed by atoms with van der Waals surface area (Å²) in [6.07, 6.45) is 2.06. The molecule has 122 valence electrons. The molecular weight excluding hydrogens is 282 g/mol. The largest absolute Gasteiger partial charge is 0.322 e. The summed E-state index contributed by atoms with van der Waals surface area (Å²) in [6.45, 7) is 8.80. The molecule has 0 aliphatic carbocycles. The van der Waals surface area contributed by atoms with Crippen molar-refractivity contribution in [3.05, 3.63) is 65.2 Å². The maximum Gasteiger partial charge on any atom is 0.255 e. The molecule has 0 saturated heterocycles. The van der Waals surface area contributed by atoms with Gasteiger partial charge in [-0.1, -0.05) is 52.0 Å². The molecule has 0 atom stereocenters. The van der Waals surface area contributed by atoms with Crippen LogP contribution < -0.4 is 5.32 Å². The van der Waals surface area contributed by atoms with Gasteiger partial charge in [-0.25, -0.2) is 0 Å². The van der Waals surface area contributed by atoms with E-state index in [2.05, 4.69) is 45.1 Å². The minimum absolute atomic E-state index is 0.0530. The van der Waals surface area contributed by atoms with E-state index in [9.17, 15) is 4.79 Å². The quantitative estimate of drug-likeness (QED) is 0.767. The van der Waals surface area contributed by atoms with Gasteiger partial charge in [0.2, 0.25) is 0 Å². The molecule has 0 saturated carbocycles. The highest BCUT2D eigenvalue weighted by Gasteiger charge is 2.07. The van der Waals surface area contributed by atoms with E-state index >= 15 is 0 Å². The fraction of sp³-hybridized carbons (Fsp3) is 0.381. The van der Waals surface area contributed by atoms with Gasteiger partial charge >= 0.3 is 0 Å². The highest BCUT2D eigenvalue weighted by atomic mass is 16.1. The Bertz CT molecular complexity index is 641. The first-order valence-electron chi connectivity index (χ1n) is 8.43. The number of hydrogen-bond donors (Lipinski definition) is 1. The van der Waals surface area contributed by atoms with Crippen molar-refractivity contribution in [1.82, 2.24) is 0 Å². The number of carbonyl (C=O) groups excluding carboxylic acids is 1. The number of hydrogen-bond acceptors (Lipinski definition) is 1. The molecule has 0 aliphatic rings. The molecule has 2 aromatic rings. The maximum absolute atomic E-state index is 12.4. The molecule has 0 spiro atoms. The number of rotatable bonds is 6. The predicted molar refractivity (Wildman–Crippen MR) is 97.9 cm³/mol. The Morgan fingerprint density at radius 3 is 2.09 bits per heavy atom. The first-order chi connectivity index (χ1) is 10.9. The van der Waals surface area contributed by atoms with Crippen LogP contribution in [-0.2, 0) is 12.8 Å². The number of anilines is 1. The summed E-state index contributed by atoms with van der Waals surface area (Å²) in [6, 6.07) is 16.0.